The van der Waals surface area contributed by atoms with Crippen molar-refractivity contribution in [1.29, 1.82) is 0 Å². The lowest BCUT2D eigenvalue weighted by atomic mass is 10.3. The minimum atomic E-state index is 0.238. The Balaban J connectivity index is 2.50. The fourth-order valence-corrected chi connectivity index (χ4v) is 2.14. The van der Waals surface area contributed by atoms with Crippen LogP contribution in [0.1, 0.15) is 17.1 Å². The van der Waals surface area contributed by atoms with Crippen LogP contribution in [0.3, 0.4) is 0 Å². The zero-order chi connectivity index (χ0) is 7.40. The fraction of sp³-hybridized carbons (Fsp3) is 0.500. The van der Waals surface area contributed by atoms with Gasteiger partial charge in [0.1, 0.15) is 6.26 Å². The van der Waals surface area contributed by atoms with E-state index in [-0.39, 0.29) is 4.83 Å². The Hall–Kier alpha value is 0.170. The molecule has 0 spiro atoms. The van der Waals surface area contributed by atoms with Gasteiger partial charge in [0, 0.05) is 5.33 Å². The largest absolute Gasteiger partial charge is 0.448 e. The van der Waals surface area contributed by atoms with Crippen molar-refractivity contribution < 1.29 is 4.42 Å². The Kier molecular flexibility index (Phi) is 3.42. The van der Waals surface area contributed by atoms with Crippen LogP contribution in [0.15, 0.2) is 16.9 Å². The summed E-state index contributed by atoms with van der Waals surface area (Å²) in [6.07, 6.45) is 4.22. The number of hydrogen-bond donors (Lipinski definition) is 0. The molecule has 10 heavy (non-hydrogen) atoms. The molecule has 0 saturated heterocycles. The van der Waals surface area contributed by atoms with Crippen LogP contribution >= 0.6 is 31.9 Å². The molecule has 0 bridgehead atoms. The van der Waals surface area contributed by atoms with Gasteiger partial charge in [0.25, 0.3) is 0 Å². The van der Waals surface area contributed by atoms with Gasteiger partial charge in [-0.05, 0) is 6.42 Å². The van der Waals surface area contributed by atoms with Crippen molar-refractivity contribution in [3.8, 4) is 0 Å². The van der Waals surface area contributed by atoms with E-state index in [2.05, 4.69) is 36.8 Å². The zero-order valence-electron chi connectivity index (χ0n) is 5.26. The molecule has 1 aromatic rings. The second-order valence-electron chi connectivity index (χ2n) is 1.82. The maximum Gasteiger partial charge on any atom is 0.207 e. The van der Waals surface area contributed by atoms with Crippen molar-refractivity contribution in [3.05, 3.63) is 18.4 Å². The molecule has 0 aliphatic rings. The number of halogens is 2. The first-order chi connectivity index (χ1) is 4.84. The number of alkyl halides is 2. The van der Waals surface area contributed by atoms with Crippen LogP contribution in [0.4, 0.5) is 0 Å². The van der Waals surface area contributed by atoms with Crippen molar-refractivity contribution in [2.75, 3.05) is 5.33 Å². The molecule has 56 valence electrons. The average Bonchev–Trinajstić information content (AvgIpc) is 2.38. The standard InChI is InChI=1S/C6H7Br2NO/c7-2-1-5(8)6-9-3-4-10-6/h3-5H,1-2H2. The summed E-state index contributed by atoms with van der Waals surface area (Å²) in [6, 6.07) is 0. The summed E-state index contributed by atoms with van der Waals surface area (Å²) in [4.78, 5) is 4.24. The van der Waals surface area contributed by atoms with E-state index < -0.39 is 0 Å². The Morgan fingerprint density at radius 2 is 2.50 bits per heavy atom. The average molecular weight is 269 g/mol. The fourth-order valence-electron chi connectivity index (χ4n) is 0.608. The van der Waals surface area contributed by atoms with E-state index in [0.717, 1.165) is 17.6 Å². The van der Waals surface area contributed by atoms with Crippen LogP contribution < -0.4 is 0 Å². The highest BCUT2D eigenvalue weighted by Gasteiger charge is 2.09. The lowest BCUT2D eigenvalue weighted by Gasteiger charge is -1.99. The molecule has 4 heteroatoms. The Labute approximate surface area is 76.3 Å². The first kappa shape index (κ1) is 8.27. The smallest absolute Gasteiger partial charge is 0.207 e. The van der Waals surface area contributed by atoms with Gasteiger partial charge in [0.2, 0.25) is 5.89 Å². The third kappa shape index (κ3) is 2.09. The van der Waals surface area contributed by atoms with Crippen LogP contribution in [0.2, 0.25) is 0 Å². The summed E-state index contributed by atoms with van der Waals surface area (Å²) >= 11 is 6.78. The highest BCUT2D eigenvalue weighted by atomic mass is 79.9. The number of nitrogens with zero attached hydrogens (tertiary/aromatic N) is 1. The minimum absolute atomic E-state index is 0.238. The molecule has 0 aliphatic carbocycles. The van der Waals surface area contributed by atoms with Crippen LogP contribution in [-0.2, 0) is 0 Å². The summed E-state index contributed by atoms with van der Waals surface area (Å²) in [6.45, 7) is 0. The number of oxazole rings is 1. The quantitative estimate of drug-likeness (QED) is 0.788. The molecule has 1 rings (SSSR count). The third-order valence-electron chi connectivity index (χ3n) is 1.08. The van der Waals surface area contributed by atoms with Gasteiger partial charge in [-0.15, -0.1) is 0 Å². The summed E-state index contributed by atoms with van der Waals surface area (Å²) in [5, 5.41) is 0.950. The van der Waals surface area contributed by atoms with Gasteiger partial charge in [-0.1, -0.05) is 31.9 Å². The molecule has 0 fully saturated rings. The van der Waals surface area contributed by atoms with Crippen LogP contribution in [0, 0.1) is 0 Å². The molecule has 0 amide bonds. The highest BCUT2D eigenvalue weighted by molar-refractivity contribution is 9.09. The van der Waals surface area contributed by atoms with E-state index in [9.17, 15) is 0 Å². The molecular formula is C6H7Br2NO. The zero-order valence-corrected chi connectivity index (χ0v) is 8.43. The lowest BCUT2D eigenvalue weighted by molar-refractivity contribution is 0.490. The molecule has 1 atom stereocenters. The van der Waals surface area contributed by atoms with Gasteiger partial charge in [-0.3, -0.25) is 0 Å². The molecule has 1 unspecified atom stereocenters. The molecular weight excluding hydrogens is 262 g/mol. The van der Waals surface area contributed by atoms with E-state index in [1.165, 1.54) is 0 Å². The van der Waals surface area contributed by atoms with Gasteiger partial charge < -0.3 is 4.42 Å². The van der Waals surface area contributed by atoms with E-state index in [1.807, 2.05) is 0 Å². The van der Waals surface area contributed by atoms with Gasteiger partial charge in [0.15, 0.2) is 0 Å². The van der Waals surface area contributed by atoms with Crippen molar-refractivity contribution in [3.63, 3.8) is 0 Å². The predicted octanol–water partition coefficient (Wildman–Crippen LogP) is 2.90. The number of aromatic nitrogens is 1. The van der Waals surface area contributed by atoms with Gasteiger partial charge in [-0.2, -0.15) is 0 Å². The topological polar surface area (TPSA) is 26.0 Å². The first-order valence-corrected chi connectivity index (χ1v) is 4.97. The lowest BCUT2D eigenvalue weighted by Crippen LogP contribution is -1.89. The van der Waals surface area contributed by atoms with E-state index in [1.54, 1.807) is 12.5 Å². The third-order valence-corrected chi connectivity index (χ3v) is 2.39. The molecule has 1 aromatic heterocycles. The summed E-state index contributed by atoms with van der Waals surface area (Å²) in [5.41, 5.74) is 0. The van der Waals surface area contributed by atoms with Crippen LogP contribution in [0.25, 0.3) is 0 Å². The maximum atomic E-state index is 5.07. The normalized spacial score (nSPS) is 13.4. The van der Waals surface area contributed by atoms with Crippen molar-refractivity contribution in [2.24, 2.45) is 0 Å². The van der Waals surface area contributed by atoms with E-state index in [0.29, 0.717) is 0 Å². The predicted molar refractivity (Wildman–Crippen MR) is 46.6 cm³/mol. The SMILES string of the molecule is BrCCC(Br)c1ncco1. The van der Waals surface area contributed by atoms with Gasteiger partial charge >= 0.3 is 0 Å². The summed E-state index contributed by atoms with van der Waals surface area (Å²) in [7, 11) is 0. The van der Waals surface area contributed by atoms with E-state index in [4.69, 9.17) is 4.42 Å². The molecule has 0 radical (unpaired) electrons. The maximum absolute atomic E-state index is 5.07. The minimum Gasteiger partial charge on any atom is -0.448 e. The first-order valence-electron chi connectivity index (χ1n) is 2.94. The van der Waals surface area contributed by atoms with Crippen molar-refractivity contribution >= 4 is 31.9 Å². The Bertz CT molecular complexity index is 176. The molecule has 1 heterocycles. The highest BCUT2D eigenvalue weighted by Crippen LogP contribution is 2.24. The van der Waals surface area contributed by atoms with Crippen LogP contribution in [0.5, 0.6) is 0 Å². The Morgan fingerprint density at radius 1 is 1.70 bits per heavy atom. The van der Waals surface area contributed by atoms with E-state index >= 15 is 0 Å². The molecule has 0 aliphatic heterocycles. The number of hydrogen-bond acceptors (Lipinski definition) is 2. The van der Waals surface area contributed by atoms with Gasteiger partial charge in [-0.25, -0.2) is 4.98 Å². The molecule has 0 N–H and O–H groups in total. The van der Waals surface area contributed by atoms with Crippen molar-refractivity contribution in [1.82, 2.24) is 4.98 Å². The summed E-state index contributed by atoms with van der Waals surface area (Å²) in [5.74, 6) is 0.749. The second kappa shape index (κ2) is 4.13. The molecule has 0 aromatic carbocycles. The van der Waals surface area contributed by atoms with Gasteiger partial charge in [0.05, 0.1) is 11.0 Å². The summed E-state index contributed by atoms with van der Waals surface area (Å²) < 4.78 is 5.07. The second-order valence-corrected chi connectivity index (χ2v) is 3.71. The molecule has 2 nitrogen and oxygen atoms in total. The monoisotopic (exact) mass is 267 g/mol. The number of rotatable bonds is 3. The Morgan fingerprint density at radius 3 is 3.00 bits per heavy atom. The van der Waals surface area contributed by atoms with Crippen LogP contribution in [-0.4, -0.2) is 10.3 Å². The molecule has 0 saturated carbocycles. The van der Waals surface area contributed by atoms with Crippen molar-refractivity contribution in [2.45, 2.75) is 11.2 Å².